The lowest BCUT2D eigenvalue weighted by molar-refractivity contribution is -0.219. The summed E-state index contributed by atoms with van der Waals surface area (Å²) in [5, 5.41) is 0. The Morgan fingerprint density at radius 1 is 0.667 bits per heavy atom. The number of hydrogen-bond acceptors (Lipinski definition) is 5. The third-order valence-electron chi connectivity index (χ3n) is 5.94. The third-order valence-corrected chi connectivity index (χ3v) is 5.94. The lowest BCUT2D eigenvalue weighted by Gasteiger charge is -2.44. The van der Waals surface area contributed by atoms with Gasteiger partial charge in [-0.3, -0.25) is 0 Å². The van der Waals surface area contributed by atoms with Gasteiger partial charge >= 0.3 is 0 Å². The van der Waals surface area contributed by atoms with Crippen molar-refractivity contribution >= 4 is 0 Å². The van der Waals surface area contributed by atoms with E-state index in [2.05, 4.69) is 0 Å². The molecule has 0 radical (unpaired) electrons. The summed E-state index contributed by atoms with van der Waals surface area (Å²) >= 11 is 0. The van der Waals surface area contributed by atoms with Crippen LogP contribution < -0.4 is 5.73 Å². The van der Waals surface area contributed by atoms with Gasteiger partial charge in [0.05, 0.1) is 38.6 Å². The normalized spacial score (nSPS) is 25.1. The first kappa shape index (κ1) is 23.6. The SMILES string of the molecule is C[C@H]1O[C@H](COCc2ccccc2)C(OCc2ccccc2)[C@@H](N)C1OCc1ccccc1. The molecular formula is C28H33NO4. The van der Waals surface area contributed by atoms with Crippen LogP contribution in [0.5, 0.6) is 0 Å². The van der Waals surface area contributed by atoms with Crippen molar-refractivity contribution in [3.63, 3.8) is 0 Å². The van der Waals surface area contributed by atoms with Crippen LogP contribution in [0.2, 0.25) is 0 Å². The molecule has 0 amide bonds. The Morgan fingerprint density at radius 2 is 1.12 bits per heavy atom. The average molecular weight is 448 g/mol. The second-order valence-corrected chi connectivity index (χ2v) is 8.48. The van der Waals surface area contributed by atoms with Crippen LogP contribution in [0.4, 0.5) is 0 Å². The molecule has 0 spiro atoms. The Labute approximate surface area is 196 Å². The highest BCUT2D eigenvalue weighted by molar-refractivity contribution is 5.15. The predicted molar refractivity (Wildman–Crippen MR) is 128 cm³/mol. The number of ether oxygens (including phenoxy) is 4. The first-order valence-electron chi connectivity index (χ1n) is 11.5. The van der Waals surface area contributed by atoms with Crippen LogP contribution in [0.3, 0.4) is 0 Å². The Bertz CT molecular complexity index is 936. The van der Waals surface area contributed by atoms with Crippen LogP contribution in [0.1, 0.15) is 23.6 Å². The molecule has 2 N–H and O–H groups in total. The highest BCUT2D eigenvalue weighted by Gasteiger charge is 2.44. The van der Waals surface area contributed by atoms with Crippen molar-refractivity contribution in [2.45, 2.75) is 57.2 Å². The van der Waals surface area contributed by atoms with Gasteiger partial charge in [-0.2, -0.15) is 0 Å². The van der Waals surface area contributed by atoms with E-state index in [0.29, 0.717) is 26.4 Å². The van der Waals surface area contributed by atoms with Crippen molar-refractivity contribution in [1.82, 2.24) is 0 Å². The van der Waals surface area contributed by atoms with Crippen molar-refractivity contribution < 1.29 is 18.9 Å². The zero-order chi connectivity index (χ0) is 22.9. The zero-order valence-corrected chi connectivity index (χ0v) is 19.1. The lowest BCUT2D eigenvalue weighted by Crippen LogP contribution is -2.63. The molecule has 5 atom stereocenters. The van der Waals surface area contributed by atoms with Gasteiger partial charge < -0.3 is 24.7 Å². The molecule has 3 aromatic carbocycles. The van der Waals surface area contributed by atoms with Gasteiger partial charge in [-0.05, 0) is 23.6 Å². The van der Waals surface area contributed by atoms with Gasteiger partial charge in [-0.25, -0.2) is 0 Å². The summed E-state index contributed by atoms with van der Waals surface area (Å²) in [6.45, 7) is 3.86. The van der Waals surface area contributed by atoms with Crippen molar-refractivity contribution in [3.8, 4) is 0 Å². The van der Waals surface area contributed by atoms with Gasteiger partial charge in [0.25, 0.3) is 0 Å². The zero-order valence-electron chi connectivity index (χ0n) is 19.1. The Balaban J connectivity index is 1.41. The van der Waals surface area contributed by atoms with E-state index >= 15 is 0 Å². The second kappa shape index (κ2) is 12.1. The lowest BCUT2D eigenvalue weighted by atomic mass is 9.93. The van der Waals surface area contributed by atoms with Crippen molar-refractivity contribution in [3.05, 3.63) is 108 Å². The van der Waals surface area contributed by atoms with Gasteiger partial charge in [0.1, 0.15) is 18.3 Å². The van der Waals surface area contributed by atoms with Gasteiger partial charge in [-0.15, -0.1) is 0 Å². The molecule has 0 aromatic heterocycles. The number of benzene rings is 3. The summed E-state index contributed by atoms with van der Waals surface area (Å²) < 4.78 is 24.9. The maximum atomic E-state index is 6.73. The van der Waals surface area contributed by atoms with Crippen LogP contribution >= 0.6 is 0 Å². The van der Waals surface area contributed by atoms with Crippen LogP contribution in [0, 0.1) is 0 Å². The van der Waals surface area contributed by atoms with Crippen LogP contribution in [0.15, 0.2) is 91.0 Å². The highest BCUT2D eigenvalue weighted by Crippen LogP contribution is 2.26. The Hall–Kier alpha value is -2.54. The van der Waals surface area contributed by atoms with Gasteiger partial charge in [0, 0.05) is 0 Å². The molecule has 5 heteroatoms. The van der Waals surface area contributed by atoms with E-state index in [0.717, 1.165) is 16.7 Å². The third kappa shape index (κ3) is 6.73. The predicted octanol–water partition coefficient (Wildman–Crippen LogP) is 4.49. The topological polar surface area (TPSA) is 62.9 Å². The van der Waals surface area contributed by atoms with Crippen molar-refractivity contribution in [2.24, 2.45) is 5.73 Å². The fourth-order valence-corrected chi connectivity index (χ4v) is 4.18. The molecule has 1 aliphatic rings. The summed E-state index contributed by atoms with van der Waals surface area (Å²) in [4.78, 5) is 0. The molecule has 2 unspecified atom stereocenters. The van der Waals surface area contributed by atoms with Crippen molar-refractivity contribution in [2.75, 3.05) is 6.61 Å². The van der Waals surface area contributed by atoms with E-state index in [-0.39, 0.29) is 30.5 Å². The number of rotatable bonds is 10. The minimum atomic E-state index is -0.349. The van der Waals surface area contributed by atoms with Gasteiger partial charge in [0.2, 0.25) is 0 Å². The molecule has 5 nitrogen and oxygen atoms in total. The minimum absolute atomic E-state index is 0.175. The molecule has 33 heavy (non-hydrogen) atoms. The largest absolute Gasteiger partial charge is 0.374 e. The van der Waals surface area contributed by atoms with E-state index in [1.165, 1.54) is 0 Å². The summed E-state index contributed by atoms with van der Waals surface area (Å²) in [6, 6.07) is 30.0. The first-order valence-corrected chi connectivity index (χ1v) is 11.5. The Morgan fingerprint density at radius 3 is 1.64 bits per heavy atom. The van der Waals surface area contributed by atoms with E-state index in [1.54, 1.807) is 0 Å². The van der Waals surface area contributed by atoms with Crippen LogP contribution in [0.25, 0.3) is 0 Å². The minimum Gasteiger partial charge on any atom is -0.374 e. The maximum Gasteiger partial charge on any atom is 0.109 e. The molecule has 0 bridgehead atoms. The summed E-state index contributed by atoms with van der Waals surface area (Å²) in [6.07, 6.45) is -1.08. The molecule has 0 saturated carbocycles. The van der Waals surface area contributed by atoms with Crippen molar-refractivity contribution in [1.29, 1.82) is 0 Å². The molecule has 3 aromatic rings. The Kier molecular flexibility index (Phi) is 8.64. The maximum absolute atomic E-state index is 6.73. The van der Waals surface area contributed by atoms with Gasteiger partial charge in [-0.1, -0.05) is 91.0 Å². The molecule has 1 heterocycles. The van der Waals surface area contributed by atoms with E-state index < -0.39 is 0 Å². The monoisotopic (exact) mass is 447 g/mol. The highest BCUT2D eigenvalue weighted by atomic mass is 16.6. The quantitative estimate of drug-likeness (QED) is 0.496. The number of nitrogens with two attached hydrogens (primary N) is 1. The molecular weight excluding hydrogens is 414 g/mol. The van der Waals surface area contributed by atoms with Crippen LogP contribution in [-0.2, 0) is 38.8 Å². The first-order chi connectivity index (χ1) is 16.2. The molecule has 174 valence electrons. The van der Waals surface area contributed by atoms with E-state index in [9.17, 15) is 0 Å². The molecule has 1 aliphatic heterocycles. The molecule has 0 aliphatic carbocycles. The molecule has 4 rings (SSSR count). The van der Waals surface area contributed by atoms with E-state index in [4.69, 9.17) is 24.7 Å². The standard InChI is InChI=1S/C28H33NO4/c1-21-27(31-18-23-13-7-3-8-14-23)26(29)28(32-19-24-15-9-4-10-16-24)25(33-21)20-30-17-22-11-5-2-6-12-22/h2-16,21,25-28H,17-20,29H2,1H3/t21-,25-,26+,27?,28?/m1/s1. The van der Waals surface area contributed by atoms with Crippen LogP contribution in [-0.4, -0.2) is 37.1 Å². The number of hydrogen-bond donors (Lipinski definition) is 1. The smallest absolute Gasteiger partial charge is 0.109 e. The fourth-order valence-electron chi connectivity index (χ4n) is 4.18. The second-order valence-electron chi connectivity index (χ2n) is 8.48. The summed E-state index contributed by atoms with van der Waals surface area (Å²) in [7, 11) is 0. The van der Waals surface area contributed by atoms with Gasteiger partial charge in [0.15, 0.2) is 0 Å². The summed E-state index contributed by atoms with van der Waals surface area (Å²) in [5.74, 6) is 0. The average Bonchev–Trinajstić information content (AvgIpc) is 2.85. The summed E-state index contributed by atoms with van der Waals surface area (Å²) in [5.41, 5.74) is 10.0. The molecule has 1 fully saturated rings. The fraction of sp³-hybridized carbons (Fsp3) is 0.357. The molecule has 1 saturated heterocycles. The van der Waals surface area contributed by atoms with E-state index in [1.807, 2.05) is 97.9 Å².